The molecule has 0 unspecified atom stereocenters. The summed E-state index contributed by atoms with van der Waals surface area (Å²) in [5.41, 5.74) is 7.62. The van der Waals surface area contributed by atoms with Crippen LogP contribution in [0, 0.1) is 0 Å². The van der Waals surface area contributed by atoms with Gasteiger partial charge in [0.15, 0.2) is 0 Å². The van der Waals surface area contributed by atoms with Crippen LogP contribution in [0.4, 0.5) is 5.69 Å². The maximum absolute atomic E-state index is 12.1. The maximum Gasteiger partial charge on any atom is 0.236 e. The highest BCUT2D eigenvalue weighted by Gasteiger charge is 2.18. The van der Waals surface area contributed by atoms with E-state index in [-0.39, 0.29) is 5.91 Å². The van der Waals surface area contributed by atoms with E-state index < -0.39 is 0 Å². The lowest BCUT2D eigenvalue weighted by atomic mass is 10.2. The van der Waals surface area contributed by atoms with E-state index >= 15 is 0 Å². The number of likely N-dealkylation sites (N-methyl/N-ethyl adjacent to an activating group) is 1. The number of ether oxygens (including phenoxy) is 1. The number of hydrogen-bond donors (Lipinski definition) is 1. The number of carbonyl (C=O) groups is 1. The summed E-state index contributed by atoms with van der Waals surface area (Å²) in [5, 5.41) is 0. The van der Waals surface area contributed by atoms with Crippen LogP contribution in [0.2, 0.25) is 0 Å². The number of hydrogen-bond acceptors (Lipinski definition) is 4. The molecule has 2 rings (SSSR count). The summed E-state index contributed by atoms with van der Waals surface area (Å²) in [7, 11) is 1.95. The van der Waals surface area contributed by atoms with Crippen molar-refractivity contribution >= 4 is 11.6 Å². The van der Waals surface area contributed by atoms with Gasteiger partial charge >= 0.3 is 0 Å². The van der Waals surface area contributed by atoms with Crippen LogP contribution in [0.25, 0.3) is 0 Å². The summed E-state index contributed by atoms with van der Waals surface area (Å²) in [6.45, 7) is 3.83. The summed E-state index contributed by atoms with van der Waals surface area (Å²) in [4.78, 5) is 15.9. The lowest BCUT2D eigenvalue weighted by molar-refractivity contribution is -0.136. The number of morpholine rings is 1. The molecule has 1 aromatic rings. The van der Waals surface area contributed by atoms with E-state index in [1.165, 1.54) is 0 Å². The van der Waals surface area contributed by atoms with Gasteiger partial charge in [0.1, 0.15) is 0 Å². The number of rotatable bonds is 4. The molecule has 0 bridgehead atoms. The van der Waals surface area contributed by atoms with Crippen LogP contribution in [0.5, 0.6) is 0 Å². The molecule has 1 aliphatic rings. The van der Waals surface area contributed by atoms with Crippen molar-refractivity contribution in [3.63, 3.8) is 0 Å². The van der Waals surface area contributed by atoms with Crippen LogP contribution in [0.15, 0.2) is 24.3 Å². The van der Waals surface area contributed by atoms with Crippen molar-refractivity contribution in [2.24, 2.45) is 0 Å². The van der Waals surface area contributed by atoms with Crippen LogP contribution >= 0.6 is 0 Å². The van der Waals surface area contributed by atoms with Gasteiger partial charge in [-0.25, -0.2) is 0 Å². The van der Waals surface area contributed by atoms with Gasteiger partial charge in [0.2, 0.25) is 5.91 Å². The molecule has 0 aromatic heterocycles. The van der Waals surface area contributed by atoms with Crippen molar-refractivity contribution in [1.82, 2.24) is 9.80 Å². The predicted octanol–water partition coefficient (Wildman–Crippen LogP) is 0.559. The lowest BCUT2D eigenvalue weighted by Crippen LogP contribution is -2.44. The van der Waals surface area contributed by atoms with Gasteiger partial charge < -0.3 is 15.4 Å². The van der Waals surface area contributed by atoms with Gasteiger partial charge in [-0.05, 0) is 24.7 Å². The third kappa shape index (κ3) is 4.22. The first kappa shape index (κ1) is 13.8. The molecule has 0 atom stereocenters. The molecule has 0 spiro atoms. The molecular formula is C14H21N3O2. The lowest BCUT2D eigenvalue weighted by Gasteiger charge is -2.28. The molecule has 1 amide bonds. The first-order chi connectivity index (χ1) is 9.15. The van der Waals surface area contributed by atoms with E-state index in [2.05, 4.69) is 0 Å². The molecule has 0 saturated carbocycles. The van der Waals surface area contributed by atoms with E-state index in [0.29, 0.717) is 32.8 Å². The van der Waals surface area contributed by atoms with Gasteiger partial charge in [0.05, 0.1) is 19.8 Å². The standard InChI is InChI=1S/C14H21N3O2/c1-16(10-12-3-2-4-13(15)9-12)11-14(18)17-5-7-19-8-6-17/h2-4,9H,5-8,10-11,15H2,1H3. The molecule has 5 heteroatoms. The van der Waals surface area contributed by atoms with E-state index in [1.807, 2.05) is 41.1 Å². The van der Waals surface area contributed by atoms with Crippen LogP contribution < -0.4 is 5.73 Å². The fourth-order valence-corrected chi connectivity index (χ4v) is 2.20. The highest BCUT2D eigenvalue weighted by Crippen LogP contribution is 2.09. The number of nitrogen functional groups attached to an aromatic ring is 1. The van der Waals surface area contributed by atoms with E-state index in [4.69, 9.17) is 10.5 Å². The molecule has 1 saturated heterocycles. The van der Waals surface area contributed by atoms with Gasteiger partial charge in [-0.3, -0.25) is 9.69 Å². The molecule has 1 fully saturated rings. The topological polar surface area (TPSA) is 58.8 Å². The first-order valence-electron chi connectivity index (χ1n) is 6.53. The van der Waals surface area contributed by atoms with Crippen molar-refractivity contribution in [1.29, 1.82) is 0 Å². The maximum atomic E-state index is 12.1. The Morgan fingerprint density at radius 3 is 2.84 bits per heavy atom. The highest BCUT2D eigenvalue weighted by molar-refractivity contribution is 5.78. The number of benzene rings is 1. The normalized spacial score (nSPS) is 15.8. The zero-order valence-electron chi connectivity index (χ0n) is 11.3. The van der Waals surface area contributed by atoms with Gasteiger partial charge in [-0.15, -0.1) is 0 Å². The average molecular weight is 263 g/mol. The second-order valence-electron chi connectivity index (χ2n) is 4.91. The van der Waals surface area contributed by atoms with Crippen molar-refractivity contribution < 1.29 is 9.53 Å². The number of nitrogens with zero attached hydrogens (tertiary/aromatic N) is 2. The molecule has 104 valence electrons. The Kier molecular flexibility index (Phi) is 4.76. The first-order valence-corrected chi connectivity index (χ1v) is 6.53. The average Bonchev–Trinajstić information content (AvgIpc) is 2.39. The second kappa shape index (κ2) is 6.54. The predicted molar refractivity (Wildman–Crippen MR) is 74.6 cm³/mol. The minimum Gasteiger partial charge on any atom is -0.399 e. The SMILES string of the molecule is CN(CC(=O)N1CCOCC1)Cc1cccc(N)c1. The molecule has 0 radical (unpaired) electrons. The molecule has 1 aromatic carbocycles. The second-order valence-corrected chi connectivity index (χ2v) is 4.91. The fourth-order valence-electron chi connectivity index (χ4n) is 2.20. The largest absolute Gasteiger partial charge is 0.399 e. The van der Waals surface area contributed by atoms with Crippen LogP contribution in [0.3, 0.4) is 0 Å². The Morgan fingerprint density at radius 1 is 1.42 bits per heavy atom. The Balaban J connectivity index is 1.83. The zero-order valence-corrected chi connectivity index (χ0v) is 11.3. The summed E-state index contributed by atoms with van der Waals surface area (Å²) in [6, 6.07) is 7.76. The number of nitrogens with two attached hydrogens (primary N) is 1. The van der Waals surface area contributed by atoms with Crippen molar-refractivity contribution in [3.8, 4) is 0 Å². The fraction of sp³-hybridized carbons (Fsp3) is 0.500. The summed E-state index contributed by atoms with van der Waals surface area (Å²) in [6.07, 6.45) is 0. The third-order valence-electron chi connectivity index (χ3n) is 3.17. The van der Waals surface area contributed by atoms with E-state index in [1.54, 1.807) is 0 Å². The smallest absolute Gasteiger partial charge is 0.236 e. The number of amides is 1. The zero-order chi connectivity index (χ0) is 13.7. The molecular weight excluding hydrogens is 242 g/mol. The number of carbonyl (C=O) groups excluding carboxylic acids is 1. The molecule has 5 nitrogen and oxygen atoms in total. The molecule has 1 aliphatic heterocycles. The molecule has 2 N–H and O–H groups in total. The molecule has 0 aliphatic carbocycles. The minimum absolute atomic E-state index is 0.162. The summed E-state index contributed by atoms with van der Waals surface area (Å²) < 4.78 is 5.24. The molecule has 1 heterocycles. The van der Waals surface area contributed by atoms with Gasteiger partial charge in [-0.1, -0.05) is 12.1 Å². The van der Waals surface area contributed by atoms with Gasteiger partial charge in [0, 0.05) is 25.3 Å². The van der Waals surface area contributed by atoms with E-state index in [0.717, 1.165) is 17.8 Å². The highest BCUT2D eigenvalue weighted by atomic mass is 16.5. The minimum atomic E-state index is 0.162. The Labute approximate surface area is 113 Å². The quantitative estimate of drug-likeness (QED) is 0.806. The third-order valence-corrected chi connectivity index (χ3v) is 3.17. The Morgan fingerprint density at radius 2 is 2.16 bits per heavy atom. The monoisotopic (exact) mass is 263 g/mol. The Hall–Kier alpha value is -1.59. The van der Waals surface area contributed by atoms with Gasteiger partial charge in [0.25, 0.3) is 0 Å². The van der Waals surface area contributed by atoms with Crippen LogP contribution in [-0.4, -0.2) is 55.6 Å². The van der Waals surface area contributed by atoms with Crippen molar-refractivity contribution in [2.45, 2.75) is 6.54 Å². The van der Waals surface area contributed by atoms with Crippen molar-refractivity contribution in [2.75, 3.05) is 45.6 Å². The summed E-state index contributed by atoms with van der Waals surface area (Å²) in [5.74, 6) is 0.162. The van der Waals surface area contributed by atoms with Gasteiger partial charge in [-0.2, -0.15) is 0 Å². The van der Waals surface area contributed by atoms with Crippen LogP contribution in [-0.2, 0) is 16.1 Å². The Bertz CT molecular complexity index is 430. The molecule has 19 heavy (non-hydrogen) atoms. The van der Waals surface area contributed by atoms with E-state index in [9.17, 15) is 4.79 Å². The van der Waals surface area contributed by atoms with Crippen LogP contribution in [0.1, 0.15) is 5.56 Å². The van der Waals surface area contributed by atoms with Crippen molar-refractivity contribution in [3.05, 3.63) is 29.8 Å². The number of anilines is 1. The summed E-state index contributed by atoms with van der Waals surface area (Å²) >= 11 is 0.